The predicted molar refractivity (Wildman–Crippen MR) is 88.5 cm³/mol. The number of rotatable bonds is 5. The second-order valence-electron chi connectivity index (χ2n) is 5.76. The Morgan fingerprint density at radius 1 is 1.22 bits per heavy atom. The monoisotopic (exact) mass is 319 g/mol. The SMILES string of the molecule is CCCCNC(=O)c1cc(N2CCN(C(C)=O)CC2)nc(C)n1. The van der Waals surface area contributed by atoms with Crippen LogP contribution in [-0.2, 0) is 4.79 Å². The van der Waals surface area contributed by atoms with E-state index >= 15 is 0 Å². The number of aromatic nitrogens is 2. The van der Waals surface area contributed by atoms with Crippen LogP contribution in [0.5, 0.6) is 0 Å². The van der Waals surface area contributed by atoms with Crippen LogP contribution in [0.25, 0.3) is 0 Å². The van der Waals surface area contributed by atoms with Crippen LogP contribution >= 0.6 is 0 Å². The normalized spacial score (nSPS) is 14.7. The molecular weight excluding hydrogens is 294 g/mol. The summed E-state index contributed by atoms with van der Waals surface area (Å²) in [5, 5.41) is 2.88. The molecule has 7 nitrogen and oxygen atoms in total. The van der Waals surface area contributed by atoms with Gasteiger partial charge in [-0.3, -0.25) is 9.59 Å². The number of aryl methyl sites for hydroxylation is 1. The van der Waals surface area contributed by atoms with E-state index in [4.69, 9.17) is 0 Å². The van der Waals surface area contributed by atoms with Crippen molar-refractivity contribution in [3.63, 3.8) is 0 Å². The zero-order valence-corrected chi connectivity index (χ0v) is 14.1. The average molecular weight is 319 g/mol. The molecule has 1 saturated heterocycles. The largest absolute Gasteiger partial charge is 0.353 e. The molecule has 0 radical (unpaired) electrons. The van der Waals surface area contributed by atoms with Crippen molar-refractivity contribution >= 4 is 17.6 Å². The summed E-state index contributed by atoms with van der Waals surface area (Å²) >= 11 is 0. The van der Waals surface area contributed by atoms with Crippen LogP contribution in [0.4, 0.5) is 5.82 Å². The molecule has 0 unspecified atom stereocenters. The number of unbranched alkanes of at least 4 members (excludes halogenated alkanes) is 1. The van der Waals surface area contributed by atoms with Crippen LogP contribution in [0, 0.1) is 6.92 Å². The summed E-state index contributed by atoms with van der Waals surface area (Å²) in [6.07, 6.45) is 1.99. The molecule has 7 heteroatoms. The maximum Gasteiger partial charge on any atom is 0.270 e. The van der Waals surface area contributed by atoms with E-state index < -0.39 is 0 Å². The van der Waals surface area contributed by atoms with Crippen molar-refractivity contribution < 1.29 is 9.59 Å². The summed E-state index contributed by atoms with van der Waals surface area (Å²) in [5.74, 6) is 1.27. The summed E-state index contributed by atoms with van der Waals surface area (Å²) in [6, 6.07) is 1.73. The van der Waals surface area contributed by atoms with Crippen molar-refractivity contribution in [3.8, 4) is 0 Å². The van der Waals surface area contributed by atoms with Crippen molar-refractivity contribution in [2.45, 2.75) is 33.6 Å². The molecule has 1 aromatic rings. The molecule has 1 aromatic heterocycles. The number of nitrogens with zero attached hydrogens (tertiary/aromatic N) is 4. The number of hydrogen-bond acceptors (Lipinski definition) is 5. The predicted octanol–water partition coefficient (Wildman–Crippen LogP) is 0.983. The summed E-state index contributed by atoms with van der Waals surface area (Å²) in [5.41, 5.74) is 0.401. The van der Waals surface area contributed by atoms with Crippen LogP contribution in [0.1, 0.15) is 43.0 Å². The molecule has 0 atom stereocenters. The molecule has 23 heavy (non-hydrogen) atoms. The maximum absolute atomic E-state index is 12.2. The Morgan fingerprint density at radius 2 is 1.91 bits per heavy atom. The molecule has 1 aliphatic rings. The molecule has 1 aliphatic heterocycles. The number of nitrogens with one attached hydrogen (secondary N) is 1. The van der Waals surface area contributed by atoms with E-state index in [2.05, 4.69) is 27.1 Å². The van der Waals surface area contributed by atoms with Crippen LogP contribution < -0.4 is 10.2 Å². The lowest BCUT2D eigenvalue weighted by molar-refractivity contribution is -0.129. The van der Waals surface area contributed by atoms with Gasteiger partial charge in [0.15, 0.2) is 0 Å². The Morgan fingerprint density at radius 3 is 2.52 bits per heavy atom. The van der Waals surface area contributed by atoms with Crippen molar-refractivity contribution in [2.75, 3.05) is 37.6 Å². The minimum Gasteiger partial charge on any atom is -0.353 e. The fourth-order valence-electron chi connectivity index (χ4n) is 2.55. The first-order valence-corrected chi connectivity index (χ1v) is 8.15. The third-order valence-electron chi connectivity index (χ3n) is 3.92. The number of piperazine rings is 1. The van der Waals surface area contributed by atoms with E-state index in [9.17, 15) is 9.59 Å². The first-order valence-electron chi connectivity index (χ1n) is 8.15. The lowest BCUT2D eigenvalue weighted by atomic mass is 10.2. The van der Waals surface area contributed by atoms with Gasteiger partial charge in [-0.15, -0.1) is 0 Å². The van der Waals surface area contributed by atoms with E-state index in [1.807, 2.05) is 4.90 Å². The highest BCUT2D eigenvalue weighted by Crippen LogP contribution is 2.15. The molecule has 2 heterocycles. The first-order chi connectivity index (χ1) is 11.0. The van der Waals surface area contributed by atoms with Gasteiger partial charge in [0.05, 0.1) is 0 Å². The van der Waals surface area contributed by atoms with Crippen molar-refractivity contribution in [2.24, 2.45) is 0 Å². The highest BCUT2D eigenvalue weighted by atomic mass is 16.2. The van der Waals surface area contributed by atoms with Crippen LogP contribution in [0.2, 0.25) is 0 Å². The summed E-state index contributed by atoms with van der Waals surface area (Å²) < 4.78 is 0. The quantitative estimate of drug-likeness (QED) is 0.819. The standard InChI is InChI=1S/C16H25N5O2/c1-4-5-6-17-16(23)14-11-15(19-12(2)18-14)21-9-7-20(8-10-21)13(3)22/h11H,4-10H2,1-3H3,(H,17,23). The molecule has 2 rings (SSSR count). The van der Waals surface area contributed by atoms with E-state index in [1.165, 1.54) is 0 Å². The average Bonchev–Trinajstić information content (AvgIpc) is 2.54. The maximum atomic E-state index is 12.2. The van der Waals surface area contributed by atoms with E-state index in [0.29, 0.717) is 44.2 Å². The van der Waals surface area contributed by atoms with Gasteiger partial charge < -0.3 is 15.1 Å². The van der Waals surface area contributed by atoms with Gasteiger partial charge in [0.2, 0.25) is 5.91 Å². The van der Waals surface area contributed by atoms with Gasteiger partial charge in [-0.1, -0.05) is 13.3 Å². The fraction of sp³-hybridized carbons (Fsp3) is 0.625. The minimum absolute atomic E-state index is 0.0968. The zero-order valence-electron chi connectivity index (χ0n) is 14.1. The lowest BCUT2D eigenvalue weighted by Crippen LogP contribution is -2.48. The molecular formula is C16H25N5O2. The zero-order chi connectivity index (χ0) is 16.8. The molecule has 0 saturated carbocycles. The Balaban J connectivity index is 2.05. The molecule has 126 valence electrons. The third-order valence-corrected chi connectivity index (χ3v) is 3.92. The van der Waals surface area contributed by atoms with Crippen LogP contribution in [0.3, 0.4) is 0 Å². The molecule has 0 aliphatic carbocycles. The van der Waals surface area contributed by atoms with Crippen molar-refractivity contribution in [3.05, 3.63) is 17.6 Å². The summed E-state index contributed by atoms with van der Waals surface area (Å²) in [7, 11) is 0. The Kier molecular flexibility index (Phi) is 5.90. The minimum atomic E-state index is -0.160. The fourth-order valence-corrected chi connectivity index (χ4v) is 2.55. The number of carbonyl (C=O) groups is 2. The van der Waals surface area contributed by atoms with Gasteiger partial charge >= 0.3 is 0 Å². The molecule has 0 aromatic carbocycles. The Labute approximate surface area is 137 Å². The number of amides is 2. The molecule has 0 bridgehead atoms. The summed E-state index contributed by atoms with van der Waals surface area (Å²) in [4.78, 5) is 36.2. The van der Waals surface area contributed by atoms with Gasteiger partial charge in [-0.25, -0.2) is 9.97 Å². The molecule has 1 fully saturated rings. The highest BCUT2D eigenvalue weighted by Gasteiger charge is 2.21. The van der Waals surface area contributed by atoms with Crippen molar-refractivity contribution in [1.29, 1.82) is 0 Å². The van der Waals surface area contributed by atoms with E-state index in [1.54, 1.807) is 19.9 Å². The number of carbonyl (C=O) groups excluding carboxylic acids is 2. The van der Waals surface area contributed by atoms with E-state index in [-0.39, 0.29) is 11.8 Å². The van der Waals surface area contributed by atoms with Gasteiger partial charge in [-0.2, -0.15) is 0 Å². The van der Waals surface area contributed by atoms with Gasteiger partial charge in [0.25, 0.3) is 5.91 Å². The van der Waals surface area contributed by atoms with Crippen molar-refractivity contribution in [1.82, 2.24) is 20.2 Å². The number of hydrogen-bond donors (Lipinski definition) is 1. The van der Waals surface area contributed by atoms with Crippen LogP contribution in [-0.4, -0.2) is 59.4 Å². The molecule has 2 amide bonds. The Hall–Kier alpha value is -2.18. The second kappa shape index (κ2) is 7.89. The second-order valence-corrected chi connectivity index (χ2v) is 5.76. The molecule has 0 spiro atoms. The summed E-state index contributed by atoms with van der Waals surface area (Å²) in [6.45, 7) is 8.90. The highest BCUT2D eigenvalue weighted by molar-refractivity contribution is 5.92. The topological polar surface area (TPSA) is 78.4 Å². The van der Waals surface area contributed by atoms with Gasteiger partial charge in [-0.05, 0) is 13.3 Å². The third kappa shape index (κ3) is 4.64. The van der Waals surface area contributed by atoms with Gasteiger partial charge in [0.1, 0.15) is 17.3 Å². The lowest BCUT2D eigenvalue weighted by Gasteiger charge is -2.35. The van der Waals surface area contributed by atoms with Crippen LogP contribution in [0.15, 0.2) is 6.07 Å². The van der Waals surface area contributed by atoms with E-state index in [0.717, 1.165) is 18.7 Å². The molecule has 1 N–H and O–H groups in total. The smallest absolute Gasteiger partial charge is 0.270 e. The van der Waals surface area contributed by atoms with Gasteiger partial charge in [0, 0.05) is 45.7 Å². The number of anilines is 1. The first kappa shape index (κ1) is 17.2. The Bertz CT molecular complexity index is 568.